The van der Waals surface area contributed by atoms with E-state index in [2.05, 4.69) is 10.2 Å². The molecule has 1 heterocycles. The summed E-state index contributed by atoms with van der Waals surface area (Å²) in [4.78, 5) is 14.0. The number of ether oxygens (including phenoxy) is 1. The van der Waals surface area contributed by atoms with E-state index in [9.17, 15) is 4.79 Å². The van der Waals surface area contributed by atoms with E-state index in [1.807, 2.05) is 54.5 Å². The van der Waals surface area contributed by atoms with Crippen molar-refractivity contribution in [3.8, 4) is 17.1 Å². The number of rotatable bonds is 8. The zero-order valence-electron chi connectivity index (χ0n) is 14.7. The fourth-order valence-corrected chi connectivity index (χ4v) is 3.36. The predicted molar refractivity (Wildman–Crippen MR) is 96.3 cm³/mol. The van der Waals surface area contributed by atoms with E-state index in [0.29, 0.717) is 5.75 Å². The van der Waals surface area contributed by atoms with E-state index in [1.165, 1.54) is 11.8 Å². The molecule has 0 unspecified atom stereocenters. The van der Waals surface area contributed by atoms with Crippen LogP contribution in [0.4, 0.5) is 0 Å². The summed E-state index contributed by atoms with van der Waals surface area (Å²) in [7, 11) is 1.64. The number of nitrogens with zero attached hydrogens (tertiary/aromatic N) is 4. The van der Waals surface area contributed by atoms with Crippen LogP contribution in [-0.2, 0) is 11.3 Å². The summed E-state index contributed by atoms with van der Waals surface area (Å²) in [5.41, 5.74) is 0.950. The van der Waals surface area contributed by atoms with Gasteiger partial charge in [-0.3, -0.25) is 4.79 Å². The third kappa shape index (κ3) is 4.08. The van der Waals surface area contributed by atoms with Crippen molar-refractivity contribution in [1.82, 2.24) is 19.7 Å². The van der Waals surface area contributed by atoms with E-state index < -0.39 is 0 Å². The smallest absolute Gasteiger partial charge is 0.233 e. The number of carbonyl (C=O) groups excluding carboxylic acids is 1. The highest BCUT2D eigenvalue weighted by Crippen LogP contribution is 2.26. The van der Waals surface area contributed by atoms with Gasteiger partial charge in [0.2, 0.25) is 5.91 Å². The maximum atomic E-state index is 12.2. The van der Waals surface area contributed by atoms with Crippen LogP contribution in [0.15, 0.2) is 29.4 Å². The first-order chi connectivity index (χ1) is 11.6. The number of amides is 1. The molecule has 1 aromatic carbocycles. The number of benzene rings is 1. The monoisotopic (exact) mass is 348 g/mol. The Balaban J connectivity index is 2.18. The second-order valence-corrected chi connectivity index (χ2v) is 6.08. The minimum atomic E-state index is 0.124. The van der Waals surface area contributed by atoms with Gasteiger partial charge in [-0.15, -0.1) is 10.2 Å². The number of hydrogen-bond donors (Lipinski definition) is 0. The normalized spacial score (nSPS) is 10.7. The molecule has 0 radical (unpaired) electrons. The lowest BCUT2D eigenvalue weighted by molar-refractivity contribution is -0.127. The van der Waals surface area contributed by atoms with Gasteiger partial charge in [0.15, 0.2) is 11.0 Å². The van der Waals surface area contributed by atoms with Crippen molar-refractivity contribution >= 4 is 17.7 Å². The summed E-state index contributed by atoms with van der Waals surface area (Å²) in [5.74, 6) is 2.06. The molecule has 24 heavy (non-hydrogen) atoms. The Bertz CT molecular complexity index is 683. The molecule has 0 spiro atoms. The van der Waals surface area contributed by atoms with Gasteiger partial charge in [-0.05, 0) is 32.9 Å². The molecule has 0 atom stereocenters. The average molecular weight is 348 g/mol. The van der Waals surface area contributed by atoms with E-state index in [0.717, 1.165) is 41.9 Å². The second-order valence-electron chi connectivity index (χ2n) is 5.14. The van der Waals surface area contributed by atoms with Crippen molar-refractivity contribution in [2.75, 3.05) is 26.0 Å². The lowest BCUT2D eigenvalue weighted by Crippen LogP contribution is -2.31. The molecule has 0 bridgehead atoms. The Morgan fingerprint density at radius 1 is 1.25 bits per heavy atom. The number of carbonyl (C=O) groups is 1. The summed E-state index contributed by atoms with van der Waals surface area (Å²) >= 11 is 1.43. The minimum Gasteiger partial charge on any atom is -0.497 e. The maximum Gasteiger partial charge on any atom is 0.233 e. The maximum absolute atomic E-state index is 12.2. The third-order valence-corrected chi connectivity index (χ3v) is 4.75. The molecule has 0 saturated carbocycles. The van der Waals surface area contributed by atoms with E-state index in [1.54, 1.807) is 7.11 Å². The van der Waals surface area contributed by atoms with Crippen LogP contribution in [0.25, 0.3) is 11.4 Å². The topological polar surface area (TPSA) is 60.3 Å². The van der Waals surface area contributed by atoms with Crippen molar-refractivity contribution in [2.45, 2.75) is 32.5 Å². The summed E-state index contributed by atoms with van der Waals surface area (Å²) in [6, 6.07) is 7.74. The van der Waals surface area contributed by atoms with Crippen molar-refractivity contribution < 1.29 is 9.53 Å². The molecule has 2 aromatic rings. The number of methoxy groups -OCH3 is 1. The minimum absolute atomic E-state index is 0.124. The summed E-state index contributed by atoms with van der Waals surface area (Å²) in [6.45, 7) is 8.21. The first-order valence-electron chi connectivity index (χ1n) is 8.12. The molecule has 0 N–H and O–H groups in total. The summed E-state index contributed by atoms with van der Waals surface area (Å²) in [6.07, 6.45) is 0. The largest absolute Gasteiger partial charge is 0.497 e. The van der Waals surface area contributed by atoms with Gasteiger partial charge in [0.05, 0.1) is 12.9 Å². The van der Waals surface area contributed by atoms with Crippen molar-refractivity contribution in [3.63, 3.8) is 0 Å². The van der Waals surface area contributed by atoms with Gasteiger partial charge in [0.25, 0.3) is 0 Å². The SMILES string of the molecule is CCN(CC)C(=O)CSc1nnc(-c2cccc(OC)c2)n1CC. The van der Waals surface area contributed by atoms with Gasteiger partial charge < -0.3 is 14.2 Å². The molecule has 0 saturated heterocycles. The number of hydrogen-bond acceptors (Lipinski definition) is 5. The van der Waals surface area contributed by atoms with Crippen molar-refractivity contribution in [1.29, 1.82) is 0 Å². The van der Waals surface area contributed by atoms with Crippen LogP contribution >= 0.6 is 11.8 Å². The lowest BCUT2D eigenvalue weighted by Gasteiger charge is -2.18. The Labute approximate surface area is 147 Å². The standard InChI is InChI=1S/C17H24N4O2S/c1-5-20(6-2)15(22)12-24-17-19-18-16(21(17)7-3)13-9-8-10-14(11-13)23-4/h8-11H,5-7,12H2,1-4H3. The molecule has 1 amide bonds. The Kier molecular flexibility index (Phi) is 6.66. The molecular formula is C17H24N4O2S. The van der Waals surface area contributed by atoms with Gasteiger partial charge in [-0.2, -0.15) is 0 Å². The van der Waals surface area contributed by atoms with Crippen LogP contribution in [-0.4, -0.2) is 51.5 Å². The third-order valence-electron chi connectivity index (χ3n) is 3.80. The summed E-state index contributed by atoms with van der Waals surface area (Å²) < 4.78 is 7.30. The zero-order chi connectivity index (χ0) is 17.5. The molecule has 0 aliphatic carbocycles. The van der Waals surface area contributed by atoms with Crippen LogP contribution in [0, 0.1) is 0 Å². The molecule has 0 fully saturated rings. The first kappa shape index (κ1) is 18.3. The Hall–Kier alpha value is -2.02. The number of thioether (sulfide) groups is 1. The molecule has 1 aromatic heterocycles. The van der Waals surface area contributed by atoms with Crippen LogP contribution in [0.2, 0.25) is 0 Å². The van der Waals surface area contributed by atoms with Crippen molar-refractivity contribution in [2.24, 2.45) is 0 Å². The molecular weight excluding hydrogens is 324 g/mol. The predicted octanol–water partition coefficient (Wildman–Crippen LogP) is 2.93. The van der Waals surface area contributed by atoms with Gasteiger partial charge in [0.1, 0.15) is 5.75 Å². The van der Waals surface area contributed by atoms with Crippen LogP contribution in [0.5, 0.6) is 5.75 Å². The van der Waals surface area contributed by atoms with Gasteiger partial charge in [-0.1, -0.05) is 23.9 Å². The first-order valence-corrected chi connectivity index (χ1v) is 9.11. The van der Waals surface area contributed by atoms with Gasteiger partial charge >= 0.3 is 0 Å². The molecule has 0 aliphatic rings. The molecule has 130 valence electrons. The fourth-order valence-electron chi connectivity index (χ4n) is 2.45. The van der Waals surface area contributed by atoms with Crippen LogP contribution < -0.4 is 4.74 Å². The molecule has 7 heteroatoms. The Morgan fingerprint density at radius 3 is 2.62 bits per heavy atom. The molecule has 0 aliphatic heterocycles. The fraction of sp³-hybridized carbons (Fsp3) is 0.471. The lowest BCUT2D eigenvalue weighted by atomic mass is 10.2. The average Bonchev–Trinajstić information content (AvgIpc) is 3.04. The van der Waals surface area contributed by atoms with Crippen LogP contribution in [0.1, 0.15) is 20.8 Å². The van der Waals surface area contributed by atoms with Crippen LogP contribution in [0.3, 0.4) is 0 Å². The van der Waals surface area contributed by atoms with E-state index in [-0.39, 0.29) is 5.91 Å². The summed E-state index contributed by atoms with van der Waals surface area (Å²) in [5, 5.41) is 9.33. The quantitative estimate of drug-likeness (QED) is 0.687. The molecule has 2 rings (SSSR count). The van der Waals surface area contributed by atoms with Gasteiger partial charge in [0, 0.05) is 25.2 Å². The second kappa shape index (κ2) is 8.73. The highest BCUT2D eigenvalue weighted by atomic mass is 32.2. The van der Waals surface area contributed by atoms with Crippen molar-refractivity contribution in [3.05, 3.63) is 24.3 Å². The van der Waals surface area contributed by atoms with E-state index >= 15 is 0 Å². The number of aromatic nitrogens is 3. The highest BCUT2D eigenvalue weighted by Gasteiger charge is 2.16. The Morgan fingerprint density at radius 2 is 2.00 bits per heavy atom. The van der Waals surface area contributed by atoms with Gasteiger partial charge in [-0.25, -0.2) is 0 Å². The zero-order valence-corrected chi connectivity index (χ0v) is 15.5. The van der Waals surface area contributed by atoms with E-state index in [4.69, 9.17) is 4.74 Å². The molecule has 6 nitrogen and oxygen atoms in total. The highest BCUT2D eigenvalue weighted by molar-refractivity contribution is 7.99.